The van der Waals surface area contributed by atoms with E-state index in [0.29, 0.717) is 24.1 Å². The highest BCUT2D eigenvalue weighted by molar-refractivity contribution is 7.45. The smallest absolute Gasteiger partial charge is 0.306 e. The van der Waals surface area contributed by atoms with Crippen molar-refractivity contribution in [3.8, 4) is 0 Å². The highest BCUT2D eigenvalue weighted by Gasteiger charge is 2.20. The fraction of sp³-hybridized carbons (Fsp3) is 0.683. The molecule has 0 aromatic carbocycles. The van der Waals surface area contributed by atoms with Gasteiger partial charge in [0.2, 0.25) is 0 Å². The van der Waals surface area contributed by atoms with Gasteiger partial charge in [0.05, 0.1) is 34.4 Å². The Balaban J connectivity index is 4.21. The number of rotatable bonds is 50. The van der Waals surface area contributed by atoms with E-state index in [1.165, 1.54) is 83.5 Å². The fourth-order valence-electron chi connectivity index (χ4n) is 7.09. The van der Waals surface area contributed by atoms with Crippen molar-refractivity contribution in [3.05, 3.63) is 109 Å². The van der Waals surface area contributed by atoms with Gasteiger partial charge in [-0.15, -0.1) is 0 Å². The zero-order valence-corrected chi connectivity index (χ0v) is 45.9. The minimum atomic E-state index is -4.55. The SMILES string of the molecule is CC/C=C\C/C=C\C/C=C\C/C=C\C/C=C\C/C=C\CCCCCCCOCC(COP(=O)([O-])OCC[N+](C)(C)C)OC(=O)CCCCCCCCCC/C=C\C/C=C\C/C=C\CCCCCCC. The Labute approximate surface area is 425 Å². The van der Waals surface area contributed by atoms with Gasteiger partial charge in [0.1, 0.15) is 19.3 Å². The van der Waals surface area contributed by atoms with Crippen LogP contribution in [0, 0.1) is 0 Å². The van der Waals surface area contributed by atoms with E-state index in [1.54, 1.807) is 0 Å². The Morgan fingerprint density at radius 3 is 1.26 bits per heavy atom. The van der Waals surface area contributed by atoms with Crippen LogP contribution in [0.2, 0.25) is 0 Å². The van der Waals surface area contributed by atoms with Crippen LogP contribution in [0.3, 0.4) is 0 Å². The number of phosphoric acid groups is 1. The number of esters is 1. The molecule has 0 aromatic heterocycles. The molecule has 0 N–H and O–H groups in total. The van der Waals surface area contributed by atoms with Crippen molar-refractivity contribution in [3.63, 3.8) is 0 Å². The molecule has 0 aromatic rings. The lowest BCUT2D eigenvalue weighted by Crippen LogP contribution is -2.37. The first-order valence-electron chi connectivity index (χ1n) is 27.6. The van der Waals surface area contributed by atoms with E-state index in [2.05, 4.69) is 123 Å². The van der Waals surface area contributed by atoms with Gasteiger partial charge in [-0.25, -0.2) is 0 Å². The standard InChI is InChI=1S/C60H104NO7P/c1-6-8-10-12-14-16-18-20-22-24-26-28-30-32-34-36-38-40-42-44-46-48-50-52-55-65-57-59(58-67-69(63,64)66-56-54-61(3,4)5)68-60(62)53-51-49-47-45-43-41-39-37-35-33-31-29-27-25-23-21-19-17-15-13-11-9-7-2/h8,10,14,16,19-22,25-28,31-34,38,40,59H,6-7,9,11-13,15,17-18,23-24,29-30,35-37,39,41-58H2,1-5H3/b10-8-,16-14-,21-19-,22-20-,27-25-,28-26-,33-31-,34-32-,40-38-. The number of allylic oxidation sites excluding steroid dienone is 18. The third kappa shape index (κ3) is 56.0. The molecule has 9 heteroatoms. The van der Waals surface area contributed by atoms with Crippen molar-refractivity contribution in [2.45, 2.75) is 213 Å². The molecule has 0 fully saturated rings. The lowest BCUT2D eigenvalue weighted by atomic mass is 10.1. The number of likely N-dealkylation sites (N-methyl/N-ethyl adjacent to an activating group) is 1. The van der Waals surface area contributed by atoms with Crippen molar-refractivity contribution < 1.29 is 37.3 Å². The molecule has 0 aliphatic rings. The monoisotopic (exact) mass is 982 g/mol. The summed E-state index contributed by atoms with van der Waals surface area (Å²) in [5, 5.41) is 0. The molecule has 0 spiro atoms. The van der Waals surface area contributed by atoms with Crippen LogP contribution in [0.1, 0.15) is 206 Å². The summed E-state index contributed by atoms with van der Waals surface area (Å²) in [6, 6.07) is 0. The fourth-order valence-corrected chi connectivity index (χ4v) is 7.81. The van der Waals surface area contributed by atoms with Gasteiger partial charge in [0, 0.05) is 13.0 Å². The van der Waals surface area contributed by atoms with E-state index < -0.39 is 13.9 Å². The maximum absolute atomic E-state index is 12.8. The predicted octanol–water partition coefficient (Wildman–Crippen LogP) is 16.9. The Morgan fingerprint density at radius 1 is 0.464 bits per heavy atom. The predicted molar refractivity (Wildman–Crippen MR) is 295 cm³/mol. The van der Waals surface area contributed by atoms with Crippen molar-refractivity contribution in [1.29, 1.82) is 0 Å². The minimum absolute atomic E-state index is 0.0138. The molecule has 0 aliphatic carbocycles. The molecule has 69 heavy (non-hydrogen) atoms. The van der Waals surface area contributed by atoms with E-state index in [4.69, 9.17) is 18.5 Å². The molecule has 2 unspecified atom stereocenters. The Bertz CT molecular complexity index is 1470. The van der Waals surface area contributed by atoms with E-state index >= 15 is 0 Å². The molecule has 0 heterocycles. The van der Waals surface area contributed by atoms with Crippen molar-refractivity contribution in [2.24, 2.45) is 0 Å². The molecule has 396 valence electrons. The van der Waals surface area contributed by atoms with Crippen LogP contribution < -0.4 is 4.89 Å². The summed E-state index contributed by atoms with van der Waals surface area (Å²) in [4.78, 5) is 25.2. The second-order valence-electron chi connectivity index (χ2n) is 19.2. The van der Waals surface area contributed by atoms with E-state index in [-0.39, 0.29) is 25.8 Å². The van der Waals surface area contributed by atoms with Crippen LogP contribution >= 0.6 is 7.82 Å². The van der Waals surface area contributed by atoms with Crippen molar-refractivity contribution in [2.75, 3.05) is 54.1 Å². The number of hydrogen-bond acceptors (Lipinski definition) is 7. The van der Waals surface area contributed by atoms with Crippen LogP contribution in [-0.4, -0.2) is 70.7 Å². The summed E-state index contributed by atoms with van der Waals surface area (Å²) in [6.07, 6.45) is 72.6. The number of carbonyl (C=O) groups excluding carboxylic acids is 1. The van der Waals surface area contributed by atoms with Crippen LogP contribution in [0.4, 0.5) is 0 Å². The largest absolute Gasteiger partial charge is 0.756 e. The van der Waals surface area contributed by atoms with Crippen LogP contribution in [0.25, 0.3) is 0 Å². The molecular formula is C60H104NO7P. The second-order valence-corrected chi connectivity index (χ2v) is 20.6. The molecule has 0 amide bonds. The molecule has 0 saturated carbocycles. The summed E-state index contributed by atoms with van der Waals surface area (Å²) in [6.45, 7) is 5.21. The van der Waals surface area contributed by atoms with E-state index in [1.807, 2.05) is 21.1 Å². The Morgan fingerprint density at radius 2 is 0.841 bits per heavy atom. The van der Waals surface area contributed by atoms with E-state index in [0.717, 1.165) is 103 Å². The number of carbonyl (C=O) groups is 1. The normalized spacial score (nSPS) is 14.3. The van der Waals surface area contributed by atoms with Gasteiger partial charge in [-0.3, -0.25) is 9.36 Å². The first-order valence-corrected chi connectivity index (χ1v) is 29.1. The second kappa shape index (κ2) is 51.5. The van der Waals surface area contributed by atoms with Gasteiger partial charge < -0.3 is 27.9 Å². The maximum Gasteiger partial charge on any atom is 0.306 e. The zero-order chi connectivity index (χ0) is 50.5. The molecule has 0 radical (unpaired) electrons. The first-order chi connectivity index (χ1) is 33.6. The molecule has 2 atom stereocenters. The molecule has 0 bridgehead atoms. The number of quaternary nitrogens is 1. The first kappa shape index (κ1) is 66.2. The third-order valence-corrected chi connectivity index (χ3v) is 12.3. The number of hydrogen-bond donors (Lipinski definition) is 0. The lowest BCUT2D eigenvalue weighted by Gasteiger charge is -2.28. The summed E-state index contributed by atoms with van der Waals surface area (Å²) in [5.74, 6) is -0.352. The topological polar surface area (TPSA) is 94.1 Å². The highest BCUT2D eigenvalue weighted by atomic mass is 31.2. The Hall–Kier alpha value is -2.84. The lowest BCUT2D eigenvalue weighted by molar-refractivity contribution is -0.870. The van der Waals surface area contributed by atoms with Crippen molar-refractivity contribution in [1.82, 2.24) is 0 Å². The quantitative estimate of drug-likeness (QED) is 0.0197. The number of nitrogens with zero attached hydrogens (tertiary/aromatic N) is 1. The molecule has 8 nitrogen and oxygen atoms in total. The van der Waals surface area contributed by atoms with Gasteiger partial charge in [-0.1, -0.05) is 207 Å². The minimum Gasteiger partial charge on any atom is -0.756 e. The Kier molecular flexibility index (Phi) is 49.4. The number of ether oxygens (including phenoxy) is 2. The molecular weight excluding hydrogens is 878 g/mol. The third-order valence-electron chi connectivity index (χ3n) is 11.3. The van der Waals surface area contributed by atoms with Crippen LogP contribution in [0.15, 0.2) is 109 Å². The average molecular weight is 982 g/mol. The van der Waals surface area contributed by atoms with Gasteiger partial charge in [0.25, 0.3) is 7.82 Å². The van der Waals surface area contributed by atoms with Gasteiger partial charge in [-0.05, 0) is 103 Å². The average Bonchev–Trinajstić information content (AvgIpc) is 3.31. The summed E-state index contributed by atoms with van der Waals surface area (Å²) in [7, 11) is 1.32. The van der Waals surface area contributed by atoms with Crippen LogP contribution in [0.5, 0.6) is 0 Å². The summed E-state index contributed by atoms with van der Waals surface area (Å²) < 4.78 is 34.8. The highest BCUT2D eigenvalue weighted by Crippen LogP contribution is 2.38. The van der Waals surface area contributed by atoms with Gasteiger partial charge >= 0.3 is 5.97 Å². The van der Waals surface area contributed by atoms with Gasteiger partial charge in [-0.2, -0.15) is 0 Å². The molecule has 0 saturated heterocycles. The van der Waals surface area contributed by atoms with Crippen LogP contribution in [-0.2, 0) is 27.9 Å². The van der Waals surface area contributed by atoms with Gasteiger partial charge in [0.15, 0.2) is 0 Å². The number of unbranched alkanes of at least 4 members (excludes halogenated alkanes) is 18. The maximum atomic E-state index is 12.8. The summed E-state index contributed by atoms with van der Waals surface area (Å²) >= 11 is 0. The molecule has 0 rings (SSSR count). The summed E-state index contributed by atoms with van der Waals surface area (Å²) in [5.41, 5.74) is 0. The zero-order valence-electron chi connectivity index (χ0n) is 45.0. The van der Waals surface area contributed by atoms with Crippen molar-refractivity contribution >= 4 is 13.8 Å². The van der Waals surface area contributed by atoms with E-state index in [9.17, 15) is 14.3 Å². The molecule has 0 aliphatic heterocycles. The number of phosphoric ester groups is 1.